The van der Waals surface area contributed by atoms with Gasteiger partial charge in [-0.25, -0.2) is 0 Å². The molecule has 0 amide bonds. The van der Waals surface area contributed by atoms with Crippen LogP contribution in [0.4, 0.5) is 0 Å². The van der Waals surface area contributed by atoms with Gasteiger partial charge in [-0.3, -0.25) is 4.90 Å². The predicted molar refractivity (Wildman–Crippen MR) is 58.3 cm³/mol. The summed E-state index contributed by atoms with van der Waals surface area (Å²) in [7, 11) is 0. The van der Waals surface area contributed by atoms with E-state index in [0.29, 0.717) is 0 Å². The molecule has 2 fully saturated rings. The van der Waals surface area contributed by atoms with E-state index in [1.807, 2.05) is 6.08 Å². The van der Waals surface area contributed by atoms with E-state index in [9.17, 15) is 20.4 Å². The molecule has 2 aliphatic heterocycles. The molecule has 0 aromatic heterocycles. The Kier molecular flexibility index (Phi) is 2.94. The molecule has 0 spiro atoms. The summed E-state index contributed by atoms with van der Waals surface area (Å²) in [5.74, 6) is 0. The van der Waals surface area contributed by atoms with Gasteiger partial charge in [0, 0.05) is 6.04 Å². The predicted octanol–water partition coefficient (Wildman–Crippen LogP) is -3.23. The van der Waals surface area contributed by atoms with Gasteiger partial charge in [0.15, 0.2) is 0 Å². The SMILES string of the molecule is OC[C@H]1O[C@H](N2[C@@H]3[C@@H](O)C=C[C@@H]32)[C@H](O)[C@@H](O)[C@@H]1O. The van der Waals surface area contributed by atoms with Crippen LogP contribution in [0, 0.1) is 0 Å². The molecule has 2 heterocycles. The van der Waals surface area contributed by atoms with Gasteiger partial charge in [-0.15, -0.1) is 0 Å². The molecule has 0 aromatic rings. The Hall–Kier alpha value is -0.540. The number of fused-ring (bicyclic) bond motifs is 1. The number of nitrogens with zero attached hydrogens (tertiary/aromatic N) is 1. The van der Waals surface area contributed by atoms with Gasteiger partial charge in [-0.1, -0.05) is 12.2 Å². The number of hydrogen-bond acceptors (Lipinski definition) is 7. The Morgan fingerprint density at radius 3 is 2.28 bits per heavy atom. The van der Waals surface area contributed by atoms with Gasteiger partial charge in [0.2, 0.25) is 0 Å². The minimum Gasteiger partial charge on any atom is -0.394 e. The molecular weight excluding hydrogens is 242 g/mol. The maximum Gasteiger partial charge on any atom is 0.141 e. The van der Waals surface area contributed by atoms with E-state index in [-0.39, 0.29) is 12.1 Å². The summed E-state index contributed by atoms with van der Waals surface area (Å²) < 4.78 is 5.41. The summed E-state index contributed by atoms with van der Waals surface area (Å²) in [4.78, 5) is 1.73. The number of ether oxygens (including phenoxy) is 1. The Morgan fingerprint density at radius 1 is 1.00 bits per heavy atom. The van der Waals surface area contributed by atoms with Crippen LogP contribution in [-0.2, 0) is 4.74 Å². The van der Waals surface area contributed by atoms with Crippen molar-refractivity contribution in [3.63, 3.8) is 0 Å². The number of aliphatic hydroxyl groups is 5. The van der Waals surface area contributed by atoms with Gasteiger partial charge in [0.05, 0.1) is 18.8 Å². The second-order valence-corrected chi connectivity index (χ2v) is 5.02. The highest BCUT2D eigenvalue weighted by Gasteiger charge is 2.60. The summed E-state index contributed by atoms with van der Waals surface area (Å²) in [6.07, 6.45) is -2.83. The first-order chi connectivity index (χ1) is 8.56. The Morgan fingerprint density at radius 2 is 1.72 bits per heavy atom. The van der Waals surface area contributed by atoms with Crippen LogP contribution in [-0.4, -0.2) is 85.9 Å². The first-order valence-corrected chi connectivity index (χ1v) is 6.00. The molecular formula is C11H17NO6. The van der Waals surface area contributed by atoms with Crippen molar-refractivity contribution in [2.75, 3.05) is 6.61 Å². The van der Waals surface area contributed by atoms with Crippen LogP contribution in [0.1, 0.15) is 0 Å². The summed E-state index contributed by atoms with van der Waals surface area (Å²) in [5.41, 5.74) is 0. The molecule has 0 aromatic carbocycles. The third-order valence-electron chi connectivity index (χ3n) is 3.96. The van der Waals surface area contributed by atoms with E-state index >= 15 is 0 Å². The lowest BCUT2D eigenvalue weighted by Gasteiger charge is -2.41. The molecule has 0 saturated carbocycles. The van der Waals surface area contributed by atoms with Crippen LogP contribution in [0.5, 0.6) is 0 Å². The first-order valence-electron chi connectivity index (χ1n) is 6.00. The van der Waals surface area contributed by atoms with Crippen molar-refractivity contribution in [2.24, 2.45) is 0 Å². The van der Waals surface area contributed by atoms with Crippen molar-refractivity contribution in [1.29, 1.82) is 0 Å². The lowest BCUT2D eigenvalue weighted by atomic mass is 9.98. The molecule has 0 radical (unpaired) electrons. The average Bonchev–Trinajstić information content (AvgIpc) is 2.96. The molecule has 1 aliphatic carbocycles. The largest absolute Gasteiger partial charge is 0.394 e. The van der Waals surface area contributed by atoms with Gasteiger partial charge in [-0.05, 0) is 0 Å². The molecule has 2 saturated heterocycles. The molecule has 102 valence electrons. The monoisotopic (exact) mass is 259 g/mol. The Balaban J connectivity index is 1.75. The standard InChI is InChI=1S/C11H17NO6/c13-3-6-8(15)9(16)10(17)11(18-6)12-4-1-2-5(14)7(4)12/h1-2,4-11,13-17H,3H2/t4-,5-,6+,7-,8+,9-,10+,11-,12?/m0/s1. The summed E-state index contributed by atoms with van der Waals surface area (Å²) in [6.45, 7) is -0.441. The number of aliphatic hydroxyl groups excluding tert-OH is 5. The lowest BCUT2D eigenvalue weighted by molar-refractivity contribution is -0.253. The third-order valence-corrected chi connectivity index (χ3v) is 3.96. The van der Waals surface area contributed by atoms with E-state index in [2.05, 4.69) is 0 Å². The average molecular weight is 259 g/mol. The maximum absolute atomic E-state index is 9.91. The fourth-order valence-electron chi connectivity index (χ4n) is 2.89. The molecule has 18 heavy (non-hydrogen) atoms. The van der Waals surface area contributed by atoms with Crippen LogP contribution in [0.25, 0.3) is 0 Å². The zero-order valence-corrected chi connectivity index (χ0v) is 9.57. The van der Waals surface area contributed by atoms with E-state index in [1.54, 1.807) is 11.0 Å². The first kappa shape index (κ1) is 12.5. The van der Waals surface area contributed by atoms with Gasteiger partial charge in [-0.2, -0.15) is 0 Å². The molecule has 3 rings (SSSR count). The molecule has 9 atom stereocenters. The van der Waals surface area contributed by atoms with Gasteiger partial charge >= 0.3 is 0 Å². The van der Waals surface area contributed by atoms with Crippen LogP contribution < -0.4 is 0 Å². The van der Waals surface area contributed by atoms with Gasteiger partial charge < -0.3 is 30.3 Å². The fraction of sp³-hybridized carbons (Fsp3) is 0.818. The zero-order valence-electron chi connectivity index (χ0n) is 9.57. The second-order valence-electron chi connectivity index (χ2n) is 5.02. The van der Waals surface area contributed by atoms with Crippen LogP contribution in [0.2, 0.25) is 0 Å². The molecule has 5 N–H and O–H groups in total. The molecule has 7 nitrogen and oxygen atoms in total. The fourth-order valence-corrected chi connectivity index (χ4v) is 2.89. The molecule has 1 unspecified atom stereocenters. The quantitative estimate of drug-likeness (QED) is 0.262. The number of rotatable bonds is 2. The van der Waals surface area contributed by atoms with Crippen molar-refractivity contribution < 1.29 is 30.3 Å². The topological polar surface area (TPSA) is 113 Å². The van der Waals surface area contributed by atoms with E-state index < -0.39 is 43.4 Å². The van der Waals surface area contributed by atoms with E-state index in [4.69, 9.17) is 9.84 Å². The van der Waals surface area contributed by atoms with E-state index in [1.165, 1.54) is 0 Å². The van der Waals surface area contributed by atoms with Crippen molar-refractivity contribution in [3.8, 4) is 0 Å². The second kappa shape index (κ2) is 4.24. The minimum atomic E-state index is -1.37. The zero-order chi connectivity index (χ0) is 13.0. The lowest BCUT2D eigenvalue weighted by Crippen LogP contribution is -2.61. The highest BCUT2D eigenvalue weighted by molar-refractivity contribution is 5.28. The van der Waals surface area contributed by atoms with Crippen molar-refractivity contribution in [1.82, 2.24) is 4.90 Å². The normalized spacial score (nSPS) is 58.6. The van der Waals surface area contributed by atoms with Crippen LogP contribution in [0.3, 0.4) is 0 Å². The summed E-state index contributed by atoms with van der Waals surface area (Å²) in [6, 6.07) is -0.159. The van der Waals surface area contributed by atoms with Gasteiger partial charge in [0.25, 0.3) is 0 Å². The Bertz CT molecular complexity index is 361. The highest BCUT2D eigenvalue weighted by Crippen LogP contribution is 2.42. The van der Waals surface area contributed by atoms with Crippen LogP contribution in [0.15, 0.2) is 12.2 Å². The van der Waals surface area contributed by atoms with Gasteiger partial charge in [0.1, 0.15) is 30.6 Å². The number of hydrogen-bond donors (Lipinski definition) is 5. The van der Waals surface area contributed by atoms with Crippen LogP contribution >= 0.6 is 0 Å². The maximum atomic E-state index is 9.91. The minimum absolute atomic E-state index is 0.0126. The molecule has 3 aliphatic rings. The highest BCUT2D eigenvalue weighted by atomic mass is 16.6. The third kappa shape index (κ3) is 1.64. The van der Waals surface area contributed by atoms with Crippen molar-refractivity contribution >= 4 is 0 Å². The molecule has 0 bridgehead atoms. The summed E-state index contributed by atoms with van der Waals surface area (Å²) >= 11 is 0. The van der Waals surface area contributed by atoms with E-state index in [0.717, 1.165) is 0 Å². The smallest absolute Gasteiger partial charge is 0.141 e. The Labute approximate surface area is 104 Å². The van der Waals surface area contributed by atoms with Crippen molar-refractivity contribution in [3.05, 3.63) is 12.2 Å². The summed E-state index contributed by atoms with van der Waals surface area (Å²) in [5, 5.41) is 48.0. The van der Waals surface area contributed by atoms with Crippen molar-refractivity contribution in [2.45, 2.75) is 48.8 Å². The molecule has 7 heteroatoms.